The average molecular weight is 430 g/mol. The standard InChI is InChI=1S/C24H22N4O4/c1-14-7-5-8-15(2)21(14)27-23-22(26-19-11-3-4-12-28(19)23)20-16(24(30)31)9-6-10-17(20)32-13-18(25)29/h3-12,27H,13H2,1-2H3,(H2,25,29)(H,30,31). The molecule has 0 spiro atoms. The minimum Gasteiger partial charge on any atom is -0.483 e. The number of carbonyl (C=O) groups excluding carboxylic acids is 1. The molecule has 0 saturated heterocycles. The molecule has 8 nitrogen and oxygen atoms in total. The van der Waals surface area contributed by atoms with Gasteiger partial charge in [-0.2, -0.15) is 0 Å². The fourth-order valence-corrected chi connectivity index (χ4v) is 3.64. The number of anilines is 2. The van der Waals surface area contributed by atoms with E-state index in [2.05, 4.69) is 5.32 Å². The summed E-state index contributed by atoms with van der Waals surface area (Å²) in [6.07, 6.45) is 1.84. The van der Waals surface area contributed by atoms with Gasteiger partial charge in [0.15, 0.2) is 6.61 Å². The summed E-state index contributed by atoms with van der Waals surface area (Å²) in [5.41, 5.74) is 9.46. The molecule has 0 aliphatic rings. The van der Waals surface area contributed by atoms with Gasteiger partial charge in [0.2, 0.25) is 0 Å². The van der Waals surface area contributed by atoms with Crippen LogP contribution < -0.4 is 15.8 Å². The van der Waals surface area contributed by atoms with E-state index < -0.39 is 11.9 Å². The summed E-state index contributed by atoms with van der Waals surface area (Å²) in [5.74, 6) is -1.02. The molecule has 0 unspecified atom stereocenters. The van der Waals surface area contributed by atoms with Crippen LogP contribution in [-0.4, -0.2) is 33.0 Å². The lowest BCUT2D eigenvalue weighted by Gasteiger charge is -2.16. The minimum atomic E-state index is -1.14. The number of para-hydroxylation sites is 1. The van der Waals surface area contributed by atoms with Gasteiger partial charge in [-0.25, -0.2) is 9.78 Å². The molecular formula is C24H22N4O4. The summed E-state index contributed by atoms with van der Waals surface area (Å²) < 4.78 is 7.42. The molecule has 0 aliphatic heterocycles. The van der Waals surface area contributed by atoms with E-state index in [0.717, 1.165) is 16.8 Å². The first-order chi connectivity index (χ1) is 15.4. The molecule has 0 bridgehead atoms. The SMILES string of the molecule is Cc1cccc(C)c1Nc1c(-c2c(OCC(N)=O)cccc2C(=O)O)nc2ccccn12. The van der Waals surface area contributed by atoms with Gasteiger partial charge in [-0.15, -0.1) is 0 Å². The number of aryl methyl sites for hydroxylation is 2. The molecule has 4 N–H and O–H groups in total. The number of ether oxygens (including phenoxy) is 1. The highest BCUT2D eigenvalue weighted by Crippen LogP contribution is 2.40. The number of amides is 1. The number of benzene rings is 2. The zero-order chi connectivity index (χ0) is 22.8. The van der Waals surface area contributed by atoms with E-state index >= 15 is 0 Å². The van der Waals surface area contributed by atoms with E-state index in [1.165, 1.54) is 6.07 Å². The predicted octanol–water partition coefficient (Wildman–Crippen LogP) is 3.92. The van der Waals surface area contributed by atoms with Crippen LogP contribution in [0.3, 0.4) is 0 Å². The van der Waals surface area contributed by atoms with Crippen molar-refractivity contribution >= 4 is 29.0 Å². The van der Waals surface area contributed by atoms with Crippen LogP contribution in [0.5, 0.6) is 5.75 Å². The minimum absolute atomic E-state index is 0.0000629. The summed E-state index contributed by atoms with van der Waals surface area (Å²) in [4.78, 5) is 28.1. The fraction of sp³-hybridized carbons (Fsp3) is 0.125. The Labute approximate surface area is 184 Å². The number of fused-ring (bicyclic) bond motifs is 1. The zero-order valence-electron chi connectivity index (χ0n) is 17.6. The number of nitrogens with two attached hydrogens (primary N) is 1. The van der Waals surface area contributed by atoms with Crippen molar-refractivity contribution in [1.29, 1.82) is 0 Å². The highest BCUT2D eigenvalue weighted by atomic mass is 16.5. The number of nitrogens with one attached hydrogen (secondary N) is 1. The maximum atomic E-state index is 12.1. The Morgan fingerprint density at radius 1 is 1.06 bits per heavy atom. The number of rotatable bonds is 7. The second kappa shape index (κ2) is 8.43. The molecule has 0 fully saturated rings. The lowest BCUT2D eigenvalue weighted by Crippen LogP contribution is -2.20. The molecular weight excluding hydrogens is 408 g/mol. The first kappa shape index (κ1) is 20.9. The Morgan fingerprint density at radius 3 is 2.47 bits per heavy atom. The van der Waals surface area contributed by atoms with Gasteiger partial charge in [-0.1, -0.05) is 30.3 Å². The third-order valence-corrected chi connectivity index (χ3v) is 5.12. The average Bonchev–Trinajstić information content (AvgIpc) is 3.12. The Balaban J connectivity index is 1.99. The second-order valence-electron chi connectivity index (χ2n) is 7.37. The van der Waals surface area contributed by atoms with Crippen LogP contribution >= 0.6 is 0 Å². The Hall–Kier alpha value is -4.33. The van der Waals surface area contributed by atoms with E-state index in [4.69, 9.17) is 15.5 Å². The molecule has 0 aliphatic carbocycles. The van der Waals surface area contributed by atoms with Crippen molar-refractivity contribution in [3.63, 3.8) is 0 Å². The first-order valence-electron chi connectivity index (χ1n) is 9.95. The van der Waals surface area contributed by atoms with Gasteiger partial charge >= 0.3 is 5.97 Å². The molecule has 0 radical (unpaired) electrons. The van der Waals surface area contributed by atoms with Crippen molar-refractivity contribution in [2.45, 2.75) is 13.8 Å². The van der Waals surface area contributed by atoms with Crippen LogP contribution in [0.15, 0.2) is 60.8 Å². The number of nitrogens with zero attached hydrogens (tertiary/aromatic N) is 2. The molecule has 162 valence electrons. The molecule has 4 rings (SSSR count). The van der Waals surface area contributed by atoms with E-state index in [0.29, 0.717) is 17.2 Å². The molecule has 2 aromatic carbocycles. The van der Waals surface area contributed by atoms with Crippen molar-refractivity contribution < 1.29 is 19.4 Å². The Kier molecular flexibility index (Phi) is 5.51. The smallest absolute Gasteiger partial charge is 0.336 e. The van der Waals surface area contributed by atoms with E-state index in [1.54, 1.807) is 12.1 Å². The first-order valence-corrected chi connectivity index (χ1v) is 9.95. The van der Waals surface area contributed by atoms with Crippen LogP contribution in [0.4, 0.5) is 11.5 Å². The summed E-state index contributed by atoms with van der Waals surface area (Å²) in [7, 11) is 0. The second-order valence-corrected chi connectivity index (χ2v) is 7.37. The number of hydrogen-bond donors (Lipinski definition) is 3. The van der Waals surface area contributed by atoms with Crippen LogP contribution in [-0.2, 0) is 4.79 Å². The third kappa shape index (κ3) is 3.85. The number of hydrogen-bond acceptors (Lipinski definition) is 5. The van der Waals surface area contributed by atoms with E-state index in [-0.39, 0.29) is 23.5 Å². The number of imidazole rings is 1. The van der Waals surface area contributed by atoms with Crippen LogP contribution in [0, 0.1) is 13.8 Å². The van der Waals surface area contributed by atoms with Gasteiger partial charge in [0.25, 0.3) is 5.91 Å². The monoisotopic (exact) mass is 430 g/mol. The number of carboxylic acids is 1. The van der Waals surface area contributed by atoms with E-state index in [9.17, 15) is 14.7 Å². The Morgan fingerprint density at radius 2 is 1.78 bits per heavy atom. The quantitative estimate of drug-likeness (QED) is 0.409. The molecule has 2 heterocycles. The summed E-state index contributed by atoms with van der Waals surface area (Å²) in [6, 6.07) is 16.1. The van der Waals surface area contributed by atoms with Gasteiger partial charge < -0.3 is 20.9 Å². The topological polar surface area (TPSA) is 119 Å². The van der Waals surface area contributed by atoms with Gasteiger partial charge in [-0.05, 0) is 49.2 Å². The molecule has 2 aromatic heterocycles. The molecule has 1 amide bonds. The van der Waals surface area contributed by atoms with Gasteiger partial charge in [0.1, 0.15) is 22.9 Å². The zero-order valence-corrected chi connectivity index (χ0v) is 17.6. The number of aromatic carboxylic acids is 1. The highest BCUT2D eigenvalue weighted by molar-refractivity contribution is 6.00. The molecule has 0 saturated carbocycles. The van der Waals surface area contributed by atoms with Gasteiger partial charge in [-0.3, -0.25) is 9.20 Å². The third-order valence-electron chi connectivity index (χ3n) is 5.12. The summed E-state index contributed by atoms with van der Waals surface area (Å²) in [6.45, 7) is 3.60. The lowest BCUT2D eigenvalue weighted by molar-refractivity contribution is -0.119. The highest BCUT2D eigenvalue weighted by Gasteiger charge is 2.24. The molecule has 32 heavy (non-hydrogen) atoms. The fourth-order valence-electron chi connectivity index (χ4n) is 3.64. The largest absolute Gasteiger partial charge is 0.483 e. The van der Waals surface area contributed by atoms with Gasteiger partial charge in [0, 0.05) is 11.9 Å². The Bertz CT molecular complexity index is 1320. The number of aromatic nitrogens is 2. The normalized spacial score (nSPS) is 10.8. The summed E-state index contributed by atoms with van der Waals surface area (Å²) in [5, 5.41) is 13.3. The van der Waals surface area contributed by atoms with Crippen LogP contribution in [0.1, 0.15) is 21.5 Å². The number of carboxylic acid groups (broad SMARTS) is 1. The van der Waals surface area contributed by atoms with Crippen molar-refractivity contribution in [3.05, 3.63) is 77.5 Å². The predicted molar refractivity (Wildman–Crippen MR) is 121 cm³/mol. The van der Waals surface area contributed by atoms with Crippen LogP contribution in [0.25, 0.3) is 16.9 Å². The van der Waals surface area contributed by atoms with Gasteiger partial charge in [0.05, 0.1) is 11.1 Å². The maximum Gasteiger partial charge on any atom is 0.336 e. The number of carbonyl (C=O) groups is 2. The lowest BCUT2D eigenvalue weighted by atomic mass is 10.0. The van der Waals surface area contributed by atoms with Crippen molar-refractivity contribution in [2.75, 3.05) is 11.9 Å². The van der Waals surface area contributed by atoms with E-state index in [1.807, 2.05) is 60.8 Å². The maximum absolute atomic E-state index is 12.1. The van der Waals surface area contributed by atoms with Crippen molar-refractivity contribution in [3.8, 4) is 17.0 Å². The number of pyridine rings is 1. The van der Waals surface area contributed by atoms with Crippen molar-refractivity contribution in [2.24, 2.45) is 5.73 Å². The summed E-state index contributed by atoms with van der Waals surface area (Å²) >= 11 is 0. The number of primary amides is 1. The molecule has 0 atom stereocenters. The van der Waals surface area contributed by atoms with Crippen molar-refractivity contribution in [1.82, 2.24) is 9.38 Å². The molecule has 8 heteroatoms. The molecule has 4 aromatic rings. The van der Waals surface area contributed by atoms with Crippen LogP contribution in [0.2, 0.25) is 0 Å².